The molecule has 1 aliphatic heterocycles. The Hall–Kier alpha value is -1.31. The van der Waals surface area contributed by atoms with Crippen LogP contribution in [-0.2, 0) is 4.79 Å². The molecule has 0 N–H and O–H groups in total. The first-order chi connectivity index (χ1) is 6.20. The van der Waals surface area contributed by atoms with Crippen LogP contribution in [0.2, 0.25) is 0 Å². The van der Waals surface area contributed by atoms with E-state index in [0.717, 1.165) is 24.1 Å². The van der Waals surface area contributed by atoms with E-state index < -0.39 is 0 Å². The van der Waals surface area contributed by atoms with Gasteiger partial charge < -0.3 is 4.90 Å². The molecule has 0 aliphatic carbocycles. The lowest BCUT2D eigenvalue weighted by atomic mass is 9.99. The molecule has 1 heterocycles. The lowest BCUT2D eigenvalue weighted by Gasteiger charge is -2.24. The highest BCUT2D eigenvalue weighted by molar-refractivity contribution is 5.98. The molecule has 0 unspecified atom stereocenters. The topological polar surface area (TPSA) is 20.3 Å². The molecule has 0 bridgehead atoms. The smallest absolute Gasteiger partial charge is 0.253 e. The lowest BCUT2D eigenvalue weighted by molar-refractivity contribution is -0.126. The van der Waals surface area contributed by atoms with Crippen molar-refractivity contribution >= 4 is 5.91 Å². The molecule has 0 spiro atoms. The van der Waals surface area contributed by atoms with E-state index in [1.54, 1.807) is 11.0 Å². The molecule has 1 rings (SSSR count). The van der Waals surface area contributed by atoms with Crippen LogP contribution in [0.25, 0.3) is 0 Å². The number of hydrogen-bond donors (Lipinski definition) is 0. The van der Waals surface area contributed by atoms with E-state index in [9.17, 15) is 4.79 Å². The number of amides is 1. The van der Waals surface area contributed by atoms with Crippen molar-refractivity contribution in [1.82, 2.24) is 4.90 Å². The van der Waals surface area contributed by atoms with Crippen LogP contribution in [0.3, 0.4) is 0 Å². The Morgan fingerprint density at radius 3 is 2.77 bits per heavy atom. The Kier molecular flexibility index (Phi) is 3.07. The molecule has 1 amide bonds. The van der Waals surface area contributed by atoms with Gasteiger partial charge in [-0.05, 0) is 18.9 Å². The highest BCUT2D eigenvalue weighted by Crippen LogP contribution is 2.19. The zero-order chi connectivity index (χ0) is 9.84. The molecule has 0 fully saturated rings. The molecule has 2 heteroatoms. The van der Waals surface area contributed by atoms with Crippen molar-refractivity contribution in [3.8, 4) is 0 Å². The summed E-state index contributed by atoms with van der Waals surface area (Å²) in [4.78, 5) is 13.4. The van der Waals surface area contributed by atoms with Crippen LogP contribution in [0.1, 0.15) is 13.3 Å². The fourth-order valence-corrected chi connectivity index (χ4v) is 1.42. The molecule has 0 aromatic heterocycles. The van der Waals surface area contributed by atoms with Crippen LogP contribution in [0.4, 0.5) is 0 Å². The predicted molar refractivity (Wildman–Crippen MR) is 54.3 cm³/mol. The van der Waals surface area contributed by atoms with E-state index in [-0.39, 0.29) is 5.91 Å². The zero-order valence-corrected chi connectivity index (χ0v) is 8.21. The number of allylic oxidation sites excluding steroid dienone is 2. The molecule has 0 aromatic carbocycles. The van der Waals surface area contributed by atoms with E-state index in [0.29, 0.717) is 0 Å². The largest absolute Gasteiger partial charge is 0.341 e. The first-order valence-corrected chi connectivity index (χ1v) is 4.44. The number of carbonyl (C=O) groups is 1. The fourth-order valence-electron chi connectivity index (χ4n) is 1.42. The van der Waals surface area contributed by atoms with Gasteiger partial charge in [-0.25, -0.2) is 0 Å². The Bertz CT molecular complexity index is 286. The molecule has 0 saturated carbocycles. The standard InChI is InChI=1S/C11H15NO/c1-4-6-10-9(5-2)7-8-12(3)11(10)13/h4-6H,2,7-8H2,1,3H3/b6-4-. The zero-order valence-electron chi connectivity index (χ0n) is 8.21. The average Bonchev–Trinajstić information content (AvgIpc) is 2.14. The van der Waals surface area contributed by atoms with Crippen molar-refractivity contribution < 1.29 is 4.79 Å². The van der Waals surface area contributed by atoms with Gasteiger partial charge in [0, 0.05) is 19.2 Å². The van der Waals surface area contributed by atoms with Crippen molar-refractivity contribution in [3.05, 3.63) is 36.0 Å². The van der Waals surface area contributed by atoms with Crippen molar-refractivity contribution in [3.63, 3.8) is 0 Å². The third-order valence-electron chi connectivity index (χ3n) is 2.22. The van der Waals surface area contributed by atoms with Gasteiger partial charge in [0.05, 0.1) is 0 Å². The van der Waals surface area contributed by atoms with Crippen LogP contribution in [0.15, 0.2) is 36.0 Å². The van der Waals surface area contributed by atoms with E-state index in [2.05, 4.69) is 6.58 Å². The molecule has 0 aromatic rings. The van der Waals surface area contributed by atoms with E-state index >= 15 is 0 Å². The van der Waals surface area contributed by atoms with Crippen molar-refractivity contribution in [1.29, 1.82) is 0 Å². The van der Waals surface area contributed by atoms with E-state index in [4.69, 9.17) is 0 Å². The molecule has 0 saturated heterocycles. The van der Waals surface area contributed by atoms with Gasteiger partial charge >= 0.3 is 0 Å². The van der Waals surface area contributed by atoms with Gasteiger partial charge in [0.2, 0.25) is 0 Å². The molecular formula is C11H15NO. The predicted octanol–water partition coefficient (Wildman–Crippen LogP) is 1.91. The average molecular weight is 177 g/mol. The molecule has 13 heavy (non-hydrogen) atoms. The van der Waals surface area contributed by atoms with Crippen molar-refractivity contribution in [2.24, 2.45) is 0 Å². The minimum atomic E-state index is 0.0965. The summed E-state index contributed by atoms with van der Waals surface area (Å²) in [5.74, 6) is 0.0965. The number of hydrogen-bond acceptors (Lipinski definition) is 1. The Morgan fingerprint density at radius 1 is 1.54 bits per heavy atom. The number of nitrogens with zero attached hydrogens (tertiary/aromatic N) is 1. The van der Waals surface area contributed by atoms with Crippen LogP contribution in [0, 0.1) is 0 Å². The number of likely N-dealkylation sites (N-methyl/N-ethyl adjacent to an activating group) is 1. The Labute approximate surface area is 79.2 Å². The number of rotatable bonds is 2. The highest BCUT2D eigenvalue weighted by atomic mass is 16.2. The van der Waals surface area contributed by atoms with Crippen molar-refractivity contribution in [2.45, 2.75) is 13.3 Å². The molecule has 0 atom stereocenters. The third kappa shape index (κ3) is 1.89. The van der Waals surface area contributed by atoms with Gasteiger partial charge in [0.15, 0.2) is 0 Å². The summed E-state index contributed by atoms with van der Waals surface area (Å²) < 4.78 is 0. The summed E-state index contributed by atoms with van der Waals surface area (Å²) in [6.07, 6.45) is 6.43. The second-order valence-corrected chi connectivity index (χ2v) is 3.12. The maximum Gasteiger partial charge on any atom is 0.253 e. The summed E-state index contributed by atoms with van der Waals surface area (Å²) in [7, 11) is 1.83. The van der Waals surface area contributed by atoms with Crippen LogP contribution >= 0.6 is 0 Å². The van der Waals surface area contributed by atoms with Crippen molar-refractivity contribution in [2.75, 3.05) is 13.6 Å². The maximum absolute atomic E-state index is 11.7. The maximum atomic E-state index is 11.7. The first-order valence-electron chi connectivity index (χ1n) is 4.44. The SMILES string of the molecule is C=CC1=C(/C=C\C)C(=O)N(C)CC1. The summed E-state index contributed by atoms with van der Waals surface area (Å²) in [6.45, 7) is 6.42. The van der Waals surface area contributed by atoms with Crippen LogP contribution in [-0.4, -0.2) is 24.4 Å². The summed E-state index contributed by atoms with van der Waals surface area (Å²) >= 11 is 0. The molecule has 1 aliphatic rings. The van der Waals surface area contributed by atoms with Gasteiger partial charge in [0.1, 0.15) is 0 Å². The fraction of sp³-hybridized carbons (Fsp3) is 0.364. The molecular weight excluding hydrogens is 162 g/mol. The summed E-state index contributed by atoms with van der Waals surface area (Å²) in [5, 5.41) is 0. The van der Waals surface area contributed by atoms with Crippen LogP contribution in [0.5, 0.6) is 0 Å². The quantitative estimate of drug-likeness (QED) is 0.631. The lowest BCUT2D eigenvalue weighted by Crippen LogP contribution is -2.33. The monoisotopic (exact) mass is 177 g/mol. The highest BCUT2D eigenvalue weighted by Gasteiger charge is 2.20. The summed E-state index contributed by atoms with van der Waals surface area (Å²) in [6, 6.07) is 0. The molecule has 0 radical (unpaired) electrons. The second-order valence-electron chi connectivity index (χ2n) is 3.12. The normalized spacial score (nSPS) is 18.6. The number of carbonyl (C=O) groups excluding carboxylic acids is 1. The van der Waals surface area contributed by atoms with E-state index in [1.807, 2.05) is 26.1 Å². The first kappa shape index (κ1) is 9.78. The van der Waals surface area contributed by atoms with Gasteiger partial charge in [-0.3, -0.25) is 4.79 Å². The molecule has 2 nitrogen and oxygen atoms in total. The Morgan fingerprint density at radius 2 is 2.23 bits per heavy atom. The third-order valence-corrected chi connectivity index (χ3v) is 2.22. The summed E-state index contributed by atoms with van der Waals surface area (Å²) in [5.41, 5.74) is 1.84. The minimum Gasteiger partial charge on any atom is -0.341 e. The van der Waals surface area contributed by atoms with Gasteiger partial charge in [-0.15, -0.1) is 0 Å². The van der Waals surface area contributed by atoms with Crippen LogP contribution < -0.4 is 0 Å². The van der Waals surface area contributed by atoms with Gasteiger partial charge in [0.25, 0.3) is 5.91 Å². The Balaban J connectivity index is 3.08. The van der Waals surface area contributed by atoms with Gasteiger partial charge in [-0.1, -0.05) is 24.8 Å². The molecule has 70 valence electrons. The minimum absolute atomic E-state index is 0.0965. The van der Waals surface area contributed by atoms with E-state index in [1.165, 1.54) is 0 Å². The van der Waals surface area contributed by atoms with Gasteiger partial charge in [-0.2, -0.15) is 0 Å². The second kappa shape index (κ2) is 4.08.